The molecule has 1 heterocycles. The molecule has 1 aromatic heterocycles. The van der Waals surface area contributed by atoms with Gasteiger partial charge in [0.2, 0.25) is 0 Å². The van der Waals surface area contributed by atoms with E-state index in [2.05, 4.69) is 39.4 Å². The Morgan fingerprint density at radius 3 is 2.83 bits per heavy atom. The van der Waals surface area contributed by atoms with E-state index in [1.807, 2.05) is 25.1 Å². The van der Waals surface area contributed by atoms with Gasteiger partial charge in [0.1, 0.15) is 6.07 Å². The summed E-state index contributed by atoms with van der Waals surface area (Å²) in [5.74, 6) is 0. The van der Waals surface area contributed by atoms with Gasteiger partial charge in [0.05, 0.1) is 15.0 Å². The third-order valence-electron chi connectivity index (χ3n) is 2.61. The van der Waals surface area contributed by atoms with Crippen LogP contribution in [0.3, 0.4) is 0 Å². The Morgan fingerprint density at radius 1 is 1.33 bits per heavy atom. The predicted octanol–water partition coefficient (Wildman–Crippen LogP) is 4.35. The maximum absolute atomic E-state index is 9.07. The van der Waals surface area contributed by atoms with Crippen LogP contribution in [0.1, 0.15) is 16.0 Å². The van der Waals surface area contributed by atoms with E-state index in [9.17, 15) is 0 Å². The molecule has 0 unspecified atom stereocenters. The summed E-state index contributed by atoms with van der Waals surface area (Å²) in [6, 6.07) is 12.3. The van der Waals surface area contributed by atoms with Gasteiger partial charge in [0.15, 0.2) is 0 Å². The molecular formula is C14H13BrN2S. The third-order valence-corrected chi connectivity index (χ3v) is 4.29. The summed E-state index contributed by atoms with van der Waals surface area (Å²) in [4.78, 5) is 1.33. The van der Waals surface area contributed by atoms with E-state index in [0.29, 0.717) is 5.56 Å². The molecule has 0 aliphatic carbocycles. The molecule has 4 heteroatoms. The molecule has 0 atom stereocenters. The summed E-state index contributed by atoms with van der Waals surface area (Å²) in [5.41, 5.74) is 2.74. The maximum Gasteiger partial charge on any atom is 0.101 e. The number of halogens is 1. The van der Waals surface area contributed by atoms with E-state index in [4.69, 9.17) is 5.26 Å². The maximum atomic E-state index is 9.07. The van der Waals surface area contributed by atoms with Crippen LogP contribution in [0.25, 0.3) is 0 Å². The molecule has 2 aromatic rings. The van der Waals surface area contributed by atoms with Crippen molar-refractivity contribution < 1.29 is 0 Å². The number of aryl methyl sites for hydroxylation is 1. The molecule has 0 bridgehead atoms. The van der Waals surface area contributed by atoms with Crippen molar-refractivity contribution in [1.29, 1.82) is 5.26 Å². The number of hydrogen-bond donors (Lipinski definition) is 1. The normalized spacial score (nSPS) is 10.1. The van der Waals surface area contributed by atoms with Crippen molar-refractivity contribution in [3.63, 3.8) is 0 Å². The summed E-state index contributed by atoms with van der Waals surface area (Å²) in [7, 11) is 0. The zero-order valence-electron chi connectivity index (χ0n) is 10.0. The lowest BCUT2D eigenvalue weighted by Crippen LogP contribution is -2.05. The topological polar surface area (TPSA) is 35.8 Å². The third kappa shape index (κ3) is 3.34. The Bertz CT molecular complexity index is 584. The zero-order valence-corrected chi connectivity index (χ0v) is 12.4. The van der Waals surface area contributed by atoms with Crippen molar-refractivity contribution in [3.05, 3.63) is 50.1 Å². The Morgan fingerprint density at radius 2 is 2.17 bits per heavy atom. The highest BCUT2D eigenvalue weighted by atomic mass is 79.9. The molecule has 0 spiro atoms. The number of hydrogen-bond acceptors (Lipinski definition) is 3. The molecule has 1 N–H and O–H groups in total. The monoisotopic (exact) mass is 320 g/mol. The molecule has 0 aliphatic heterocycles. The quantitative estimate of drug-likeness (QED) is 0.909. The van der Waals surface area contributed by atoms with Gasteiger partial charge in [-0.25, -0.2) is 0 Å². The van der Waals surface area contributed by atoms with Gasteiger partial charge in [-0.15, -0.1) is 11.3 Å². The van der Waals surface area contributed by atoms with Crippen molar-refractivity contribution >= 4 is 33.0 Å². The fourth-order valence-corrected chi connectivity index (χ4v) is 3.19. The Labute approximate surface area is 119 Å². The van der Waals surface area contributed by atoms with Gasteiger partial charge >= 0.3 is 0 Å². The van der Waals surface area contributed by atoms with Gasteiger partial charge in [0.25, 0.3) is 0 Å². The van der Waals surface area contributed by atoms with Crippen molar-refractivity contribution in [3.8, 4) is 6.07 Å². The minimum atomic E-state index is 0.711. The molecule has 0 saturated carbocycles. The molecule has 2 rings (SSSR count). The fraction of sp³-hybridized carbons (Fsp3) is 0.214. The average Bonchev–Trinajstić information content (AvgIpc) is 2.77. The number of rotatable bonds is 4. The van der Waals surface area contributed by atoms with Gasteiger partial charge < -0.3 is 5.32 Å². The minimum Gasteiger partial charge on any atom is -0.384 e. The summed E-state index contributed by atoms with van der Waals surface area (Å²) in [5, 5.41) is 12.4. The van der Waals surface area contributed by atoms with Crippen molar-refractivity contribution in [2.75, 3.05) is 11.9 Å². The molecule has 1 aromatic carbocycles. The second-order valence-corrected chi connectivity index (χ2v) is 6.59. The van der Waals surface area contributed by atoms with E-state index < -0.39 is 0 Å². The molecule has 0 amide bonds. The Balaban J connectivity index is 1.96. The first-order valence-corrected chi connectivity index (χ1v) is 7.29. The van der Waals surface area contributed by atoms with Gasteiger partial charge in [0, 0.05) is 11.4 Å². The van der Waals surface area contributed by atoms with Crippen LogP contribution < -0.4 is 5.32 Å². The molecule has 0 fully saturated rings. The largest absolute Gasteiger partial charge is 0.384 e. The Kier molecular flexibility index (Phi) is 4.40. The lowest BCUT2D eigenvalue weighted by Gasteiger charge is -2.08. The number of anilines is 1. The van der Waals surface area contributed by atoms with Gasteiger partial charge in [-0.3, -0.25) is 0 Å². The number of benzene rings is 1. The van der Waals surface area contributed by atoms with E-state index in [-0.39, 0.29) is 0 Å². The van der Waals surface area contributed by atoms with Crippen LogP contribution in [0.2, 0.25) is 0 Å². The van der Waals surface area contributed by atoms with Gasteiger partial charge in [-0.1, -0.05) is 6.07 Å². The van der Waals surface area contributed by atoms with E-state index >= 15 is 0 Å². The number of nitrogens with one attached hydrogen (secondary N) is 1. The lowest BCUT2D eigenvalue weighted by atomic mass is 10.1. The smallest absolute Gasteiger partial charge is 0.101 e. The standard InChI is InChI=1S/C14H13BrN2S/c1-10-2-4-13(11(8-10)9-16)17-7-6-12-3-5-14(15)18-12/h2-5,8,17H,6-7H2,1H3. The predicted molar refractivity (Wildman–Crippen MR) is 80.1 cm³/mol. The van der Waals surface area contributed by atoms with Crippen LogP contribution in [0.5, 0.6) is 0 Å². The Hall–Kier alpha value is -1.31. The summed E-state index contributed by atoms with van der Waals surface area (Å²) in [6.45, 7) is 2.83. The van der Waals surface area contributed by atoms with Crippen LogP contribution in [0, 0.1) is 18.3 Å². The van der Waals surface area contributed by atoms with Crippen LogP contribution in [-0.2, 0) is 6.42 Å². The second kappa shape index (κ2) is 6.03. The summed E-state index contributed by atoms with van der Waals surface area (Å²) < 4.78 is 1.16. The SMILES string of the molecule is Cc1ccc(NCCc2ccc(Br)s2)c(C#N)c1. The average molecular weight is 321 g/mol. The fourth-order valence-electron chi connectivity index (χ4n) is 1.71. The number of nitrogens with zero attached hydrogens (tertiary/aromatic N) is 1. The van der Waals surface area contributed by atoms with Crippen LogP contribution >= 0.6 is 27.3 Å². The van der Waals surface area contributed by atoms with E-state index in [0.717, 1.165) is 28.0 Å². The lowest BCUT2D eigenvalue weighted by molar-refractivity contribution is 1.04. The van der Waals surface area contributed by atoms with E-state index in [1.54, 1.807) is 11.3 Å². The van der Waals surface area contributed by atoms with Gasteiger partial charge in [-0.05, 0) is 59.1 Å². The minimum absolute atomic E-state index is 0.711. The molecular weight excluding hydrogens is 308 g/mol. The first-order valence-electron chi connectivity index (χ1n) is 5.68. The van der Waals surface area contributed by atoms with Crippen LogP contribution in [0.15, 0.2) is 34.1 Å². The number of nitriles is 1. The van der Waals surface area contributed by atoms with E-state index in [1.165, 1.54) is 4.88 Å². The highest BCUT2D eigenvalue weighted by molar-refractivity contribution is 9.11. The van der Waals surface area contributed by atoms with Crippen molar-refractivity contribution in [1.82, 2.24) is 0 Å². The zero-order chi connectivity index (χ0) is 13.0. The highest BCUT2D eigenvalue weighted by Gasteiger charge is 2.02. The molecule has 2 nitrogen and oxygen atoms in total. The highest BCUT2D eigenvalue weighted by Crippen LogP contribution is 2.22. The van der Waals surface area contributed by atoms with Crippen molar-refractivity contribution in [2.24, 2.45) is 0 Å². The van der Waals surface area contributed by atoms with Gasteiger partial charge in [-0.2, -0.15) is 5.26 Å². The van der Waals surface area contributed by atoms with Crippen LogP contribution in [0.4, 0.5) is 5.69 Å². The molecule has 0 saturated heterocycles. The summed E-state index contributed by atoms with van der Waals surface area (Å²) >= 11 is 5.20. The summed E-state index contributed by atoms with van der Waals surface area (Å²) in [6.07, 6.45) is 0.967. The number of thiophene rings is 1. The second-order valence-electron chi connectivity index (χ2n) is 4.04. The van der Waals surface area contributed by atoms with Crippen molar-refractivity contribution in [2.45, 2.75) is 13.3 Å². The van der Waals surface area contributed by atoms with Crippen LogP contribution in [-0.4, -0.2) is 6.54 Å². The first kappa shape index (κ1) is 13.1. The first-order chi connectivity index (χ1) is 8.69. The molecule has 92 valence electrons. The molecule has 0 aliphatic rings. The molecule has 0 radical (unpaired) electrons. The molecule has 18 heavy (non-hydrogen) atoms.